The van der Waals surface area contributed by atoms with Crippen LogP contribution in [0.1, 0.15) is 42.3 Å². The highest BCUT2D eigenvalue weighted by atomic mass is 16.5. The topological polar surface area (TPSA) is 105 Å². The Labute approximate surface area is 163 Å². The van der Waals surface area contributed by atoms with Crippen LogP contribution in [0.5, 0.6) is 0 Å². The van der Waals surface area contributed by atoms with E-state index in [1.165, 1.54) is 0 Å². The molecule has 0 radical (unpaired) electrons. The third-order valence-corrected chi connectivity index (χ3v) is 5.04. The van der Waals surface area contributed by atoms with E-state index in [9.17, 15) is 14.4 Å². The highest BCUT2D eigenvalue weighted by molar-refractivity contribution is 6.07. The molecule has 0 aliphatic carbocycles. The minimum atomic E-state index is -1.05. The second-order valence-corrected chi connectivity index (χ2v) is 7.23. The van der Waals surface area contributed by atoms with Gasteiger partial charge < -0.3 is 9.84 Å². The maximum atomic E-state index is 12.7. The second kappa shape index (κ2) is 7.84. The van der Waals surface area contributed by atoms with Gasteiger partial charge in [-0.3, -0.25) is 15.0 Å². The smallest absolute Gasteiger partial charge is 0.344 e. The fourth-order valence-corrected chi connectivity index (χ4v) is 3.27. The monoisotopic (exact) mass is 384 g/mol. The zero-order chi connectivity index (χ0) is 20.3. The molecular formula is C20H24N4O4. The van der Waals surface area contributed by atoms with E-state index >= 15 is 0 Å². The van der Waals surface area contributed by atoms with Crippen LogP contribution in [-0.2, 0) is 22.4 Å². The van der Waals surface area contributed by atoms with Gasteiger partial charge in [-0.15, -0.1) is 0 Å². The van der Waals surface area contributed by atoms with Gasteiger partial charge in [0.15, 0.2) is 0 Å². The summed E-state index contributed by atoms with van der Waals surface area (Å²) in [5, 5.41) is 7.32. The van der Waals surface area contributed by atoms with Crippen LogP contribution < -0.4 is 10.7 Å². The summed E-state index contributed by atoms with van der Waals surface area (Å²) in [6, 6.07) is 9.10. The van der Waals surface area contributed by atoms with Crippen molar-refractivity contribution in [3.8, 4) is 0 Å². The van der Waals surface area contributed by atoms with Gasteiger partial charge in [0.1, 0.15) is 11.3 Å². The first-order valence-corrected chi connectivity index (χ1v) is 9.22. The predicted molar refractivity (Wildman–Crippen MR) is 101 cm³/mol. The summed E-state index contributed by atoms with van der Waals surface area (Å²) in [7, 11) is 0. The largest absolute Gasteiger partial charge is 0.361 e. The van der Waals surface area contributed by atoms with E-state index in [2.05, 4.69) is 15.9 Å². The quantitative estimate of drug-likeness (QED) is 0.712. The Morgan fingerprint density at radius 2 is 1.93 bits per heavy atom. The standard InChI is InChI=1S/C20H24N4O4/c1-13-16(14(2)28-23-13)9-10-17(25)22-24-18(26)20(3,21-19(24)27)12-11-15-7-5-4-6-8-15/h4-8H,9-12H2,1-3H3,(H,21,27)(H,22,25). The number of carbonyl (C=O) groups is 3. The first-order chi connectivity index (χ1) is 13.3. The number of aromatic nitrogens is 1. The summed E-state index contributed by atoms with van der Waals surface area (Å²) >= 11 is 0. The molecule has 2 N–H and O–H groups in total. The van der Waals surface area contributed by atoms with Crippen LogP contribution in [-0.4, -0.2) is 33.5 Å². The highest BCUT2D eigenvalue weighted by Crippen LogP contribution is 2.22. The number of imide groups is 1. The van der Waals surface area contributed by atoms with Crippen molar-refractivity contribution in [2.45, 2.75) is 52.0 Å². The maximum Gasteiger partial charge on any atom is 0.344 e. The van der Waals surface area contributed by atoms with Crippen LogP contribution in [0, 0.1) is 13.8 Å². The van der Waals surface area contributed by atoms with Gasteiger partial charge in [-0.05, 0) is 45.6 Å². The normalized spacial score (nSPS) is 19.0. The number of benzene rings is 1. The van der Waals surface area contributed by atoms with Crippen LogP contribution in [0.4, 0.5) is 4.79 Å². The molecule has 3 rings (SSSR count). The first kappa shape index (κ1) is 19.6. The van der Waals surface area contributed by atoms with Crippen LogP contribution in [0.25, 0.3) is 0 Å². The van der Waals surface area contributed by atoms with E-state index in [1.54, 1.807) is 20.8 Å². The van der Waals surface area contributed by atoms with Gasteiger partial charge in [-0.1, -0.05) is 35.5 Å². The summed E-state index contributed by atoms with van der Waals surface area (Å²) < 4.78 is 5.08. The molecule has 1 aromatic carbocycles. The fourth-order valence-electron chi connectivity index (χ4n) is 3.27. The summed E-state index contributed by atoms with van der Waals surface area (Å²) in [5.74, 6) is -0.219. The summed E-state index contributed by atoms with van der Waals surface area (Å²) in [5.41, 5.74) is 4.03. The highest BCUT2D eigenvalue weighted by Gasteiger charge is 2.48. The van der Waals surface area contributed by atoms with E-state index < -0.39 is 23.4 Å². The van der Waals surface area contributed by atoms with E-state index in [4.69, 9.17) is 4.52 Å². The Kier molecular flexibility index (Phi) is 5.48. The number of urea groups is 1. The van der Waals surface area contributed by atoms with Crippen LogP contribution >= 0.6 is 0 Å². The molecule has 1 aliphatic rings. The number of hydrazine groups is 1. The molecule has 0 spiro atoms. The minimum absolute atomic E-state index is 0.112. The molecule has 8 heteroatoms. The molecule has 0 bridgehead atoms. The van der Waals surface area contributed by atoms with Gasteiger partial charge in [0, 0.05) is 12.0 Å². The van der Waals surface area contributed by atoms with Crippen LogP contribution in [0.15, 0.2) is 34.9 Å². The Bertz CT molecular complexity index is 873. The molecule has 1 aromatic heterocycles. The molecule has 28 heavy (non-hydrogen) atoms. The molecule has 8 nitrogen and oxygen atoms in total. The molecule has 4 amide bonds. The van der Waals surface area contributed by atoms with Gasteiger partial charge in [-0.25, -0.2) is 4.79 Å². The lowest BCUT2D eigenvalue weighted by molar-refractivity contribution is -0.138. The van der Waals surface area contributed by atoms with Gasteiger partial charge >= 0.3 is 6.03 Å². The van der Waals surface area contributed by atoms with Gasteiger partial charge in [-0.2, -0.15) is 5.01 Å². The number of nitrogens with zero attached hydrogens (tertiary/aromatic N) is 2. The average molecular weight is 384 g/mol. The number of rotatable bonds is 7. The number of carbonyl (C=O) groups excluding carboxylic acids is 3. The maximum absolute atomic E-state index is 12.7. The van der Waals surface area contributed by atoms with Gasteiger partial charge in [0.05, 0.1) is 5.69 Å². The molecule has 1 unspecified atom stereocenters. The number of hydrogen-bond donors (Lipinski definition) is 2. The Hall–Kier alpha value is -3.16. The molecule has 0 saturated carbocycles. The van der Waals surface area contributed by atoms with Crippen molar-refractivity contribution in [2.75, 3.05) is 0 Å². The Morgan fingerprint density at radius 1 is 1.21 bits per heavy atom. The zero-order valence-electron chi connectivity index (χ0n) is 16.2. The summed E-state index contributed by atoms with van der Waals surface area (Å²) in [6.45, 7) is 5.26. The third-order valence-electron chi connectivity index (χ3n) is 5.04. The molecule has 1 atom stereocenters. The lowest BCUT2D eigenvalue weighted by Crippen LogP contribution is -2.49. The van der Waals surface area contributed by atoms with Crippen molar-refractivity contribution in [3.63, 3.8) is 0 Å². The summed E-state index contributed by atoms with van der Waals surface area (Å²) in [6.07, 6.45) is 1.60. The van der Waals surface area contributed by atoms with Crippen molar-refractivity contribution in [1.82, 2.24) is 20.9 Å². The Morgan fingerprint density at radius 3 is 2.57 bits per heavy atom. The SMILES string of the molecule is Cc1noc(C)c1CCC(=O)NN1C(=O)NC(C)(CCc2ccccc2)C1=O. The molecular weight excluding hydrogens is 360 g/mol. The van der Waals surface area contributed by atoms with E-state index in [-0.39, 0.29) is 6.42 Å². The number of aryl methyl sites for hydroxylation is 3. The van der Waals surface area contributed by atoms with E-state index in [0.717, 1.165) is 21.8 Å². The van der Waals surface area contributed by atoms with Crippen LogP contribution in [0.2, 0.25) is 0 Å². The minimum Gasteiger partial charge on any atom is -0.361 e. The fraction of sp³-hybridized carbons (Fsp3) is 0.400. The number of nitrogens with one attached hydrogen (secondary N) is 2. The van der Waals surface area contributed by atoms with Crippen molar-refractivity contribution >= 4 is 17.8 Å². The molecule has 1 saturated heterocycles. The van der Waals surface area contributed by atoms with E-state index in [0.29, 0.717) is 25.0 Å². The van der Waals surface area contributed by atoms with Gasteiger partial charge in [0.25, 0.3) is 5.91 Å². The molecule has 148 valence electrons. The lowest BCUT2D eigenvalue weighted by Gasteiger charge is -2.21. The van der Waals surface area contributed by atoms with Crippen molar-refractivity contribution in [2.24, 2.45) is 0 Å². The third kappa shape index (κ3) is 4.05. The predicted octanol–water partition coefficient (Wildman–Crippen LogP) is 2.20. The Balaban J connectivity index is 1.57. The molecule has 1 aliphatic heterocycles. The molecule has 1 fully saturated rings. The van der Waals surface area contributed by atoms with E-state index in [1.807, 2.05) is 30.3 Å². The van der Waals surface area contributed by atoms with Crippen LogP contribution in [0.3, 0.4) is 0 Å². The average Bonchev–Trinajstić information content (AvgIpc) is 3.10. The van der Waals surface area contributed by atoms with Crippen molar-refractivity contribution < 1.29 is 18.9 Å². The van der Waals surface area contributed by atoms with Crippen molar-refractivity contribution in [1.29, 1.82) is 0 Å². The first-order valence-electron chi connectivity index (χ1n) is 9.22. The van der Waals surface area contributed by atoms with Gasteiger partial charge in [0.2, 0.25) is 5.91 Å². The number of amides is 4. The summed E-state index contributed by atoms with van der Waals surface area (Å²) in [4.78, 5) is 37.2. The molecule has 2 aromatic rings. The lowest BCUT2D eigenvalue weighted by atomic mass is 9.93. The van der Waals surface area contributed by atoms with Crippen molar-refractivity contribution in [3.05, 3.63) is 52.9 Å². The number of hydrogen-bond acceptors (Lipinski definition) is 5. The second-order valence-electron chi connectivity index (χ2n) is 7.23. The zero-order valence-corrected chi connectivity index (χ0v) is 16.2. The molecule has 2 heterocycles.